The Kier molecular flexibility index (Phi) is 4.25. The quantitative estimate of drug-likeness (QED) is 0.645. The molecule has 0 radical (unpaired) electrons. The maximum Gasteiger partial charge on any atom is 0.340 e. The molecule has 0 bridgehead atoms. The molecule has 0 spiro atoms. The molecule has 1 aromatic heterocycles. The third-order valence-electron chi connectivity index (χ3n) is 2.74. The lowest BCUT2D eigenvalue weighted by atomic mass is 10.2. The summed E-state index contributed by atoms with van der Waals surface area (Å²) in [6, 6.07) is 2.09. The summed E-state index contributed by atoms with van der Waals surface area (Å²) in [7, 11) is 1.74. The van der Waals surface area contributed by atoms with Crippen LogP contribution in [0.2, 0.25) is 10.0 Å². The number of halogens is 3. The molecule has 1 heterocycles. The van der Waals surface area contributed by atoms with E-state index >= 15 is 0 Å². The van der Waals surface area contributed by atoms with Gasteiger partial charge < -0.3 is 9.30 Å². The van der Waals surface area contributed by atoms with Crippen molar-refractivity contribution in [2.24, 2.45) is 7.05 Å². The molecule has 0 saturated carbocycles. The molecule has 0 atom stereocenters. The van der Waals surface area contributed by atoms with Crippen LogP contribution in [-0.2, 0) is 18.4 Å². The van der Waals surface area contributed by atoms with Crippen LogP contribution < -0.4 is 0 Å². The molecule has 2 rings (SSSR count). The second kappa shape index (κ2) is 5.76. The highest BCUT2D eigenvalue weighted by atomic mass is 35.5. The van der Waals surface area contributed by atoms with Crippen molar-refractivity contribution < 1.29 is 13.9 Å². The van der Waals surface area contributed by atoms with Crippen LogP contribution in [0.1, 0.15) is 22.0 Å². The van der Waals surface area contributed by atoms with Crippen LogP contribution in [-0.4, -0.2) is 20.7 Å². The molecule has 0 unspecified atom stereocenters. The van der Waals surface area contributed by atoms with Gasteiger partial charge in [-0.2, -0.15) is 0 Å². The average molecular weight is 318 g/mol. The lowest BCUT2D eigenvalue weighted by molar-refractivity contribution is 0.0458. The van der Waals surface area contributed by atoms with E-state index in [0.29, 0.717) is 11.6 Å². The van der Waals surface area contributed by atoms with Crippen LogP contribution in [0, 0.1) is 12.7 Å². The number of carbonyl (C=O) groups is 1. The van der Waals surface area contributed by atoms with Gasteiger partial charge >= 0.3 is 5.97 Å². The number of ether oxygens (including phenoxy) is 1. The van der Waals surface area contributed by atoms with Gasteiger partial charge in [-0.3, -0.25) is 0 Å². The first kappa shape index (κ1) is 14.7. The molecular weight excluding hydrogens is 308 g/mol. The fraction of sp³-hybridized carbons (Fsp3) is 0.250. The molecule has 5 nitrogen and oxygen atoms in total. The second-order valence-electron chi connectivity index (χ2n) is 4.04. The van der Waals surface area contributed by atoms with Gasteiger partial charge in [-0.25, -0.2) is 9.18 Å². The van der Waals surface area contributed by atoms with E-state index in [1.807, 2.05) is 0 Å². The fourth-order valence-corrected chi connectivity index (χ4v) is 1.92. The molecule has 0 aliphatic heterocycles. The summed E-state index contributed by atoms with van der Waals surface area (Å²) >= 11 is 11.4. The molecule has 2 aromatic rings. The van der Waals surface area contributed by atoms with Crippen molar-refractivity contribution in [1.29, 1.82) is 0 Å². The van der Waals surface area contributed by atoms with E-state index < -0.39 is 11.8 Å². The molecule has 20 heavy (non-hydrogen) atoms. The maximum atomic E-state index is 13.3. The Morgan fingerprint density at radius 3 is 2.65 bits per heavy atom. The third-order valence-corrected chi connectivity index (χ3v) is 3.35. The van der Waals surface area contributed by atoms with E-state index in [0.717, 1.165) is 12.1 Å². The van der Waals surface area contributed by atoms with Gasteiger partial charge in [0.2, 0.25) is 0 Å². The molecule has 0 saturated heterocycles. The van der Waals surface area contributed by atoms with Crippen molar-refractivity contribution in [3.8, 4) is 0 Å². The summed E-state index contributed by atoms with van der Waals surface area (Å²) in [4.78, 5) is 11.8. The molecule has 1 aromatic carbocycles. The monoisotopic (exact) mass is 317 g/mol. The lowest BCUT2D eigenvalue weighted by Gasteiger charge is -2.07. The summed E-state index contributed by atoms with van der Waals surface area (Å²) in [6.07, 6.45) is 0. The van der Waals surface area contributed by atoms with E-state index in [1.165, 1.54) is 0 Å². The standard InChI is InChI=1S/C12H10Cl2FN3O2/c1-6-16-17-11(18(6)2)5-20-12(19)7-3-10(15)9(14)4-8(7)13/h3-4H,5H2,1-2H3. The Bertz CT molecular complexity index is 673. The first-order valence-electron chi connectivity index (χ1n) is 5.56. The highest BCUT2D eigenvalue weighted by Gasteiger charge is 2.16. The normalized spacial score (nSPS) is 10.7. The minimum absolute atomic E-state index is 0.0237. The van der Waals surface area contributed by atoms with Gasteiger partial charge in [0.15, 0.2) is 12.4 Å². The Labute approximate surface area is 124 Å². The van der Waals surface area contributed by atoms with E-state index in [4.69, 9.17) is 27.9 Å². The minimum atomic E-state index is -0.758. The summed E-state index contributed by atoms with van der Waals surface area (Å²) in [6.45, 7) is 1.68. The van der Waals surface area contributed by atoms with Crippen molar-refractivity contribution in [3.63, 3.8) is 0 Å². The predicted octanol–water partition coefficient (Wildman–Crippen LogP) is 2.93. The molecule has 0 fully saturated rings. The SMILES string of the molecule is Cc1nnc(COC(=O)c2cc(F)c(Cl)cc2Cl)n1C. The summed E-state index contributed by atoms with van der Waals surface area (Å²) in [5, 5.41) is 7.54. The smallest absolute Gasteiger partial charge is 0.340 e. The van der Waals surface area contributed by atoms with Crippen LogP contribution >= 0.6 is 23.2 Å². The third kappa shape index (κ3) is 2.91. The zero-order valence-electron chi connectivity index (χ0n) is 10.7. The fourth-order valence-electron chi connectivity index (χ4n) is 1.46. The predicted molar refractivity (Wildman–Crippen MR) is 71.3 cm³/mol. The summed E-state index contributed by atoms with van der Waals surface area (Å²) in [5.74, 6) is -0.336. The van der Waals surface area contributed by atoms with Crippen molar-refractivity contribution in [2.45, 2.75) is 13.5 Å². The van der Waals surface area contributed by atoms with E-state index in [-0.39, 0.29) is 22.2 Å². The molecule has 0 aliphatic rings. The number of rotatable bonds is 3. The highest BCUT2D eigenvalue weighted by molar-refractivity contribution is 6.36. The highest BCUT2D eigenvalue weighted by Crippen LogP contribution is 2.25. The number of aryl methyl sites for hydroxylation is 1. The number of carbonyl (C=O) groups excluding carboxylic acids is 1. The van der Waals surface area contributed by atoms with Gasteiger partial charge in [0, 0.05) is 7.05 Å². The molecule has 0 amide bonds. The molecular formula is C12H10Cl2FN3O2. The number of aromatic nitrogens is 3. The van der Waals surface area contributed by atoms with E-state index in [9.17, 15) is 9.18 Å². The minimum Gasteiger partial charge on any atom is -0.454 e. The second-order valence-corrected chi connectivity index (χ2v) is 4.86. The van der Waals surface area contributed by atoms with Crippen LogP contribution in [0.25, 0.3) is 0 Å². The van der Waals surface area contributed by atoms with Gasteiger partial charge in [0.25, 0.3) is 0 Å². The summed E-state index contributed by atoms with van der Waals surface area (Å²) < 4.78 is 20.0. The summed E-state index contributed by atoms with van der Waals surface area (Å²) in [5.41, 5.74) is -0.0903. The van der Waals surface area contributed by atoms with Gasteiger partial charge in [-0.15, -0.1) is 10.2 Å². The zero-order chi connectivity index (χ0) is 14.9. The first-order chi connectivity index (χ1) is 9.40. The Balaban J connectivity index is 2.13. The molecule has 0 aliphatic carbocycles. The average Bonchev–Trinajstić information content (AvgIpc) is 2.71. The topological polar surface area (TPSA) is 57.0 Å². The van der Waals surface area contributed by atoms with Crippen LogP contribution in [0.3, 0.4) is 0 Å². The Morgan fingerprint density at radius 1 is 1.35 bits per heavy atom. The van der Waals surface area contributed by atoms with Crippen LogP contribution in [0.4, 0.5) is 4.39 Å². The first-order valence-corrected chi connectivity index (χ1v) is 6.32. The molecule has 0 N–H and O–H groups in total. The van der Waals surface area contributed by atoms with Crippen molar-refractivity contribution >= 4 is 29.2 Å². The van der Waals surface area contributed by atoms with Crippen molar-refractivity contribution in [3.05, 3.63) is 45.2 Å². The number of nitrogens with zero attached hydrogens (tertiary/aromatic N) is 3. The largest absolute Gasteiger partial charge is 0.454 e. The number of hydrogen-bond donors (Lipinski definition) is 0. The van der Waals surface area contributed by atoms with Crippen molar-refractivity contribution in [1.82, 2.24) is 14.8 Å². The van der Waals surface area contributed by atoms with Crippen molar-refractivity contribution in [2.75, 3.05) is 0 Å². The molecule has 106 valence electrons. The zero-order valence-corrected chi connectivity index (χ0v) is 12.2. The number of benzene rings is 1. The lowest BCUT2D eigenvalue weighted by Crippen LogP contribution is -2.09. The maximum absolute atomic E-state index is 13.3. The van der Waals surface area contributed by atoms with Gasteiger partial charge in [-0.05, 0) is 19.1 Å². The van der Waals surface area contributed by atoms with Gasteiger partial charge in [0.1, 0.15) is 11.6 Å². The van der Waals surface area contributed by atoms with Gasteiger partial charge in [0.05, 0.1) is 15.6 Å². The number of hydrogen-bond acceptors (Lipinski definition) is 4. The Morgan fingerprint density at radius 2 is 2.05 bits per heavy atom. The van der Waals surface area contributed by atoms with E-state index in [2.05, 4.69) is 10.2 Å². The Hall–Kier alpha value is -1.66. The molecule has 8 heteroatoms. The van der Waals surface area contributed by atoms with Crippen LogP contribution in [0.15, 0.2) is 12.1 Å². The number of esters is 1. The van der Waals surface area contributed by atoms with Gasteiger partial charge in [-0.1, -0.05) is 23.2 Å². The van der Waals surface area contributed by atoms with E-state index in [1.54, 1.807) is 18.5 Å². The van der Waals surface area contributed by atoms with Crippen LogP contribution in [0.5, 0.6) is 0 Å².